The standard InChI is InChI=1S/C24H31IN2O4/c1-5-17(3)26-24(29)22(6-2)27(15-18-8-7-9-21(14-18)30-4)23(28)16-31-20-12-10-19(25)11-13-20/h7-14,17,22H,5-6,15-16H2,1-4H3,(H,26,29)/t17-,22-/m1/s1. The maximum Gasteiger partial charge on any atom is 0.261 e. The van der Waals surface area contributed by atoms with Crippen LogP contribution in [0, 0.1) is 3.57 Å². The molecule has 0 saturated heterocycles. The number of ether oxygens (including phenoxy) is 2. The monoisotopic (exact) mass is 538 g/mol. The van der Waals surface area contributed by atoms with Crippen LogP contribution in [0.4, 0.5) is 0 Å². The Labute approximate surface area is 198 Å². The van der Waals surface area contributed by atoms with Gasteiger partial charge < -0.3 is 19.7 Å². The Morgan fingerprint density at radius 3 is 2.39 bits per heavy atom. The molecule has 0 spiro atoms. The molecule has 31 heavy (non-hydrogen) atoms. The zero-order valence-corrected chi connectivity index (χ0v) is 20.7. The summed E-state index contributed by atoms with van der Waals surface area (Å²) in [5.41, 5.74) is 0.886. The van der Waals surface area contributed by atoms with Gasteiger partial charge in [0.05, 0.1) is 7.11 Å². The highest BCUT2D eigenvalue weighted by molar-refractivity contribution is 14.1. The summed E-state index contributed by atoms with van der Waals surface area (Å²) >= 11 is 2.21. The zero-order valence-electron chi connectivity index (χ0n) is 18.6. The van der Waals surface area contributed by atoms with Gasteiger partial charge in [0.15, 0.2) is 6.61 Å². The van der Waals surface area contributed by atoms with Crippen LogP contribution < -0.4 is 14.8 Å². The van der Waals surface area contributed by atoms with E-state index in [9.17, 15) is 9.59 Å². The van der Waals surface area contributed by atoms with Gasteiger partial charge in [0, 0.05) is 16.2 Å². The molecule has 2 atom stereocenters. The molecule has 1 N–H and O–H groups in total. The molecule has 6 nitrogen and oxygen atoms in total. The SMILES string of the molecule is CC[C@@H](C)NC(=O)[C@@H](CC)N(Cc1cccc(OC)c1)C(=O)COc1ccc(I)cc1. The largest absolute Gasteiger partial charge is 0.497 e. The van der Waals surface area contributed by atoms with Crippen molar-refractivity contribution in [1.82, 2.24) is 10.2 Å². The number of halogens is 1. The third-order valence-electron chi connectivity index (χ3n) is 5.05. The van der Waals surface area contributed by atoms with Crippen LogP contribution in [-0.4, -0.2) is 42.5 Å². The van der Waals surface area contributed by atoms with E-state index in [0.717, 1.165) is 15.6 Å². The number of nitrogens with one attached hydrogen (secondary N) is 1. The summed E-state index contributed by atoms with van der Waals surface area (Å²) in [7, 11) is 1.60. The molecular formula is C24H31IN2O4. The third kappa shape index (κ3) is 7.72. The Kier molecular flexibility index (Phi) is 10.1. The van der Waals surface area contributed by atoms with Gasteiger partial charge in [0.2, 0.25) is 5.91 Å². The van der Waals surface area contributed by atoms with Crippen LogP contribution in [0.3, 0.4) is 0 Å². The first-order valence-electron chi connectivity index (χ1n) is 10.5. The summed E-state index contributed by atoms with van der Waals surface area (Å²) in [5.74, 6) is 0.930. The minimum absolute atomic E-state index is 0.0402. The number of amides is 2. The van der Waals surface area contributed by atoms with E-state index in [2.05, 4.69) is 27.9 Å². The molecule has 7 heteroatoms. The molecule has 0 heterocycles. The van der Waals surface area contributed by atoms with Crippen LogP contribution in [0.25, 0.3) is 0 Å². The summed E-state index contributed by atoms with van der Waals surface area (Å²) in [6.07, 6.45) is 1.32. The molecular weight excluding hydrogens is 507 g/mol. The first kappa shape index (κ1) is 25.0. The van der Waals surface area contributed by atoms with Crippen LogP contribution in [0.5, 0.6) is 11.5 Å². The molecule has 0 bridgehead atoms. The first-order chi connectivity index (χ1) is 14.9. The lowest BCUT2D eigenvalue weighted by Crippen LogP contribution is -2.51. The van der Waals surface area contributed by atoms with Crippen LogP contribution in [0.15, 0.2) is 48.5 Å². The Hall–Kier alpha value is -2.29. The normalized spacial score (nSPS) is 12.5. The van der Waals surface area contributed by atoms with Crippen molar-refractivity contribution < 1.29 is 19.1 Å². The number of benzene rings is 2. The minimum Gasteiger partial charge on any atom is -0.497 e. The molecule has 0 radical (unpaired) electrons. The van der Waals surface area contributed by atoms with Gasteiger partial charge >= 0.3 is 0 Å². The zero-order chi connectivity index (χ0) is 22.8. The fraction of sp³-hybridized carbons (Fsp3) is 0.417. The molecule has 0 saturated carbocycles. The number of rotatable bonds is 11. The summed E-state index contributed by atoms with van der Waals surface area (Å²) in [6.45, 7) is 6.03. The van der Waals surface area contributed by atoms with E-state index < -0.39 is 6.04 Å². The summed E-state index contributed by atoms with van der Waals surface area (Å²) in [5, 5.41) is 3.01. The predicted molar refractivity (Wildman–Crippen MR) is 130 cm³/mol. The first-order valence-corrected chi connectivity index (χ1v) is 11.6. The molecule has 168 valence electrons. The van der Waals surface area contributed by atoms with E-state index in [0.29, 0.717) is 24.5 Å². The van der Waals surface area contributed by atoms with Crippen molar-refractivity contribution in [2.75, 3.05) is 13.7 Å². The lowest BCUT2D eigenvalue weighted by atomic mass is 10.1. The Morgan fingerprint density at radius 2 is 1.77 bits per heavy atom. The van der Waals surface area contributed by atoms with Gasteiger partial charge in [-0.2, -0.15) is 0 Å². The number of carbonyl (C=O) groups is 2. The molecule has 0 aliphatic heterocycles. The fourth-order valence-corrected chi connectivity index (χ4v) is 3.45. The lowest BCUT2D eigenvalue weighted by Gasteiger charge is -2.31. The highest BCUT2D eigenvalue weighted by Gasteiger charge is 2.29. The average Bonchev–Trinajstić information content (AvgIpc) is 2.78. The third-order valence-corrected chi connectivity index (χ3v) is 5.77. The Balaban J connectivity index is 2.22. The topological polar surface area (TPSA) is 67.9 Å². The Bertz CT molecular complexity index is 857. The van der Waals surface area contributed by atoms with Gasteiger partial charge in [-0.25, -0.2) is 0 Å². The van der Waals surface area contributed by atoms with E-state index in [-0.39, 0.29) is 24.5 Å². The summed E-state index contributed by atoms with van der Waals surface area (Å²) in [4.78, 5) is 27.7. The van der Waals surface area contributed by atoms with Crippen molar-refractivity contribution in [1.29, 1.82) is 0 Å². The number of methoxy groups -OCH3 is 1. The van der Waals surface area contributed by atoms with Crippen molar-refractivity contribution in [3.8, 4) is 11.5 Å². The molecule has 2 amide bonds. The van der Waals surface area contributed by atoms with Gasteiger partial charge in [0.25, 0.3) is 5.91 Å². The smallest absolute Gasteiger partial charge is 0.261 e. The van der Waals surface area contributed by atoms with E-state index in [1.54, 1.807) is 12.0 Å². The van der Waals surface area contributed by atoms with Gasteiger partial charge in [-0.3, -0.25) is 9.59 Å². The maximum absolute atomic E-state index is 13.2. The summed E-state index contributed by atoms with van der Waals surface area (Å²) < 4.78 is 12.1. The van der Waals surface area contributed by atoms with Gasteiger partial charge in [-0.15, -0.1) is 0 Å². The van der Waals surface area contributed by atoms with Crippen molar-refractivity contribution >= 4 is 34.4 Å². The van der Waals surface area contributed by atoms with Gasteiger partial charge in [0.1, 0.15) is 17.5 Å². The van der Waals surface area contributed by atoms with Gasteiger partial charge in [-0.05, 0) is 84.3 Å². The summed E-state index contributed by atoms with van der Waals surface area (Å²) in [6, 6.07) is 14.5. The van der Waals surface area contributed by atoms with E-state index in [1.165, 1.54) is 0 Å². The van der Waals surface area contributed by atoms with E-state index >= 15 is 0 Å². The number of hydrogen-bond acceptors (Lipinski definition) is 4. The number of hydrogen-bond donors (Lipinski definition) is 1. The predicted octanol–water partition coefficient (Wildman–Crippen LogP) is 4.40. The molecule has 2 aromatic rings. The van der Waals surface area contributed by atoms with Crippen LogP contribution in [-0.2, 0) is 16.1 Å². The highest BCUT2D eigenvalue weighted by atomic mass is 127. The highest BCUT2D eigenvalue weighted by Crippen LogP contribution is 2.18. The molecule has 0 aromatic heterocycles. The van der Waals surface area contributed by atoms with Gasteiger partial charge in [-0.1, -0.05) is 26.0 Å². The second-order valence-corrected chi connectivity index (χ2v) is 8.60. The van der Waals surface area contributed by atoms with E-state index in [4.69, 9.17) is 9.47 Å². The quantitative estimate of drug-likeness (QED) is 0.431. The van der Waals surface area contributed by atoms with Crippen LogP contribution in [0.1, 0.15) is 39.2 Å². The fourth-order valence-electron chi connectivity index (χ4n) is 3.09. The van der Waals surface area contributed by atoms with Crippen molar-refractivity contribution in [3.05, 3.63) is 57.7 Å². The van der Waals surface area contributed by atoms with Crippen LogP contribution in [0.2, 0.25) is 0 Å². The minimum atomic E-state index is -0.590. The second kappa shape index (κ2) is 12.5. The number of nitrogens with zero attached hydrogens (tertiary/aromatic N) is 1. The molecule has 0 unspecified atom stereocenters. The lowest BCUT2D eigenvalue weighted by molar-refractivity contribution is -0.143. The molecule has 2 rings (SSSR count). The van der Waals surface area contributed by atoms with Crippen molar-refractivity contribution in [2.24, 2.45) is 0 Å². The average molecular weight is 538 g/mol. The molecule has 0 fully saturated rings. The maximum atomic E-state index is 13.2. The number of carbonyl (C=O) groups excluding carboxylic acids is 2. The Morgan fingerprint density at radius 1 is 1.06 bits per heavy atom. The van der Waals surface area contributed by atoms with Crippen molar-refractivity contribution in [2.45, 2.75) is 52.2 Å². The second-order valence-electron chi connectivity index (χ2n) is 7.36. The molecule has 0 aliphatic rings. The van der Waals surface area contributed by atoms with Crippen molar-refractivity contribution in [3.63, 3.8) is 0 Å². The molecule has 0 aliphatic carbocycles. The molecule has 2 aromatic carbocycles. The van der Waals surface area contributed by atoms with Crippen LogP contribution >= 0.6 is 22.6 Å². The van der Waals surface area contributed by atoms with E-state index in [1.807, 2.05) is 69.3 Å².